The number of thiazole rings is 1. The van der Waals surface area contributed by atoms with Crippen LogP contribution in [0.4, 0.5) is 5.00 Å². The number of aromatic nitrogens is 1. The van der Waals surface area contributed by atoms with Gasteiger partial charge in [-0.05, 0) is 18.4 Å². The first kappa shape index (κ1) is 9.86. The number of aryl methyl sites for hydroxylation is 2. The minimum absolute atomic E-state index is 0.893. The molecule has 4 heteroatoms. The summed E-state index contributed by atoms with van der Waals surface area (Å²) in [5.74, 6) is 2.30. The summed E-state index contributed by atoms with van der Waals surface area (Å²) in [6, 6.07) is 0. The Hall–Kier alpha value is -0.220. The van der Waals surface area contributed by atoms with Crippen molar-refractivity contribution in [2.75, 3.05) is 17.2 Å². The smallest absolute Gasteiger partial charge is 0.109 e. The lowest BCUT2D eigenvalue weighted by Gasteiger charge is -1.96. The van der Waals surface area contributed by atoms with E-state index in [-0.39, 0.29) is 0 Å². The Morgan fingerprint density at radius 3 is 2.83 bits per heavy atom. The average molecular weight is 202 g/mol. The zero-order valence-corrected chi connectivity index (χ0v) is 9.10. The third-order valence-corrected chi connectivity index (χ3v) is 3.27. The minimum Gasteiger partial charge on any atom is -0.389 e. The Labute approximate surface area is 81.6 Å². The van der Waals surface area contributed by atoms with E-state index in [1.54, 1.807) is 11.3 Å². The summed E-state index contributed by atoms with van der Waals surface area (Å²) in [5.41, 5.74) is 6.85. The first-order chi connectivity index (χ1) is 5.74. The van der Waals surface area contributed by atoms with Crippen molar-refractivity contribution in [3.05, 3.63) is 10.7 Å². The van der Waals surface area contributed by atoms with Crippen molar-refractivity contribution in [1.82, 2.24) is 4.98 Å². The number of hydrogen-bond donors (Lipinski definition) is 1. The van der Waals surface area contributed by atoms with Crippen LogP contribution in [-0.2, 0) is 6.42 Å². The molecule has 0 saturated heterocycles. The molecule has 2 nitrogen and oxygen atoms in total. The molecule has 1 aromatic heterocycles. The van der Waals surface area contributed by atoms with Crippen molar-refractivity contribution in [3.8, 4) is 0 Å². The van der Waals surface area contributed by atoms with Crippen LogP contribution in [0.5, 0.6) is 0 Å². The molecule has 0 aliphatic heterocycles. The number of nitrogens with two attached hydrogens (primary N) is 1. The molecular weight excluding hydrogens is 188 g/mol. The summed E-state index contributed by atoms with van der Waals surface area (Å²) in [6.07, 6.45) is 1.01. The van der Waals surface area contributed by atoms with E-state index in [0.717, 1.165) is 27.9 Å². The Kier molecular flexibility index (Phi) is 3.88. The third kappa shape index (κ3) is 2.68. The highest BCUT2D eigenvalue weighted by molar-refractivity contribution is 7.99. The first-order valence-electron chi connectivity index (χ1n) is 4.03. The van der Waals surface area contributed by atoms with Gasteiger partial charge in [0.05, 0.1) is 10.7 Å². The van der Waals surface area contributed by atoms with Gasteiger partial charge in [-0.3, -0.25) is 0 Å². The first-order valence-corrected chi connectivity index (χ1v) is 6.00. The van der Waals surface area contributed by atoms with E-state index in [4.69, 9.17) is 5.73 Å². The van der Waals surface area contributed by atoms with Crippen LogP contribution in [0.3, 0.4) is 0 Å². The lowest BCUT2D eigenvalue weighted by atomic mass is 10.3. The minimum atomic E-state index is 0.893. The van der Waals surface area contributed by atoms with Gasteiger partial charge in [0.2, 0.25) is 0 Å². The monoisotopic (exact) mass is 202 g/mol. The maximum absolute atomic E-state index is 5.77. The summed E-state index contributed by atoms with van der Waals surface area (Å²) in [5, 5.41) is 1.97. The molecule has 68 valence electrons. The van der Waals surface area contributed by atoms with E-state index in [9.17, 15) is 0 Å². The molecular formula is C8H14N2S2. The lowest BCUT2D eigenvalue weighted by Crippen LogP contribution is -1.94. The van der Waals surface area contributed by atoms with Crippen molar-refractivity contribution in [1.29, 1.82) is 0 Å². The van der Waals surface area contributed by atoms with Gasteiger partial charge in [-0.2, -0.15) is 11.8 Å². The highest BCUT2D eigenvalue weighted by atomic mass is 32.2. The van der Waals surface area contributed by atoms with Gasteiger partial charge in [0.15, 0.2) is 0 Å². The van der Waals surface area contributed by atoms with Gasteiger partial charge in [0, 0.05) is 6.42 Å². The van der Waals surface area contributed by atoms with Crippen molar-refractivity contribution in [2.24, 2.45) is 0 Å². The molecule has 1 rings (SSSR count). The predicted molar refractivity (Wildman–Crippen MR) is 58.0 cm³/mol. The fourth-order valence-electron chi connectivity index (χ4n) is 0.978. The number of anilines is 1. The highest BCUT2D eigenvalue weighted by Gasteiger charge is 2.04. The number of rotatable bonds is 4. The Morgan fingerprint density at radius 1 is 1.58 bits per heavy atom. The molecule has 0 amide bonds. The fourth-order valence-corrected chi connectivity index (χ4v) is 2.34. The quantitative estimate of drug-likeness (QED) is 0.762. The van der Waals surface area contributed by atoms with Gasteiger partial charge in [-0.1, -0.05) is 6.92 Å². The summed E-state index contributed by atoms with van der Waals surface area (Å²) in [7, 11) is 0. The number of nitrogen functional groups attached to an aromatic ring is 1. The fraction of sp³-hybridized carbons (Fsp3) is 0.625. The summed E-state index contributed by atoms with van der Waals surface area (Å²) < 4.78 is 0. The normalized spacial score (nSPS) is 10.5. The highest BCUT2D eigenvalue weighted by Crippen LogP contribution is 2.21. The van der Waals surface area contributed by atoms with Gasteiger partial charge in [0.25, 0.3) is 0 Å². The second-order valence-corrected chi connectivity index (χ2v) is 5.12. The van der Waals surface area contributed by atoms with Crippen LogP contribution in [0.1, 0.15) is 17.6 Å². The standard InChI is InChI=1S/C8H14N2S2/c1-3-11-5-4-7-8(9)12-6(2)10-7/h3-5,9H2,1-2H3. The molecule has 12 heavy (non-hydrogen) atoms. The number of hydrogen-bond acceptors (Lipinski definition) is 4. The molecule has 1 aromatic rings. The molecule has 0 spiro atoms. The molecule has 1 heterocycles. The molecule has 0 bridgehead atoms. The lowest BCUT2D eigenvalue weighted by molar-refractivity contribution is 1.06. The van der Waals surface area contributed by atoms with Crippen LogP contribution in [0, 0.1) is 6.92 Å². The zero-order valence-electron chi connectivity index (χ0n) is 7.46. The molecule has 0 radical (unpaired) electrons. The van der Waals surface area contributed by atoms with Crippen LogP contribution in [0.2, 0.25) is 0 Å². The Morgan fingerprint density at radius 2 is 2.33 bits per heavy atom. The maximum Gasteiger partial charge on any atom is 0.109 e. The zero-order chi connectivity index (χ0) is 8.97. The van der Waals surface area contributed by atoms with Crippen LogP contribution in [-0.4, -0.2) is 16.5 Å². The summed E-state index contributed by atoms with van der Waals surface area (Å²) in [6.45, 7) is 4.16. The van der Waals surface area contributed by atoms with Crippen LogP contribution in [0.15, 0.2) is 0 Å². The van der Waals surface area contributed by atoms with Gasteiger partial charge in [-0.15, -0.1) is 11.3 Å². The predicted octanol–water partition coefficient (Wildman–Crippen LogP) is 2.33. The van der Waals surface area contributed by atoms with Crippen molar-refractivity contribution >= 4 is 28.1 Å². The van der Waals surface area contributed by atoms with Gasteiger partial charge in [-0.25, -0.2) is 4.98 Å². The molecule has 0 aromatic carbocycles. The molecule has 0 unspecified atom stereocenters. The van der Waals surface area contributed by atoms with Gasteiger partial charge in [0.1, 0.15) is 5.00 Å². The van der Waals surface area contributed by atoms with Gasteiger partial charge >= 0.3 is 0 Å². The van der Waals surface area contributed by atoms with E-state index in [2.05, 4.69) is 11.9 Å². The second-order valence-electron chi connectivity index (χ2n) is 2.49. The third-order valence-electron chi connectivity index (χ3n) is 1.52. The van der Waals surface area contributed by atoms with Crippen LogP contribution >= 0.6 is 23.1 Å². The Balaban J connectivity index is 2.45. The molecule has 2 N–H and O–H groups in total. The molecule has 0 saturated carbocycles. The number of thioether (sulfide) groups is 1. The Bertz CT molecular complexity index is 245. The molecule has 0 fully saturated rings. The van der Waals surface area contributed by atoms with E-state index in [0.29, 0.717) is 0 Å². The van der Waals surface area contributed by atoms with E-state index < -0.39 is 0 Å². The van der Waals surface area contributed by atoms with E-state index in [1.165, 1.54) is 5.75 Å². The van der Waals surface area contributed by atoms with Crippen molar-refractivity contribution in [3.63, 3.8) is 0 Å². The summed E-state index contributed by atoms with van der Waals surface area (Å²) in [4.78, 5) is 4.36. The maximum atomic E-state index is 5.77. The van der Waals surface area contributed by atoms with Gasteiger partial charge < -0.3 is 5.73 Å². The van der Waals surface area contributed by atoms with Crippen LogP contribution in [0.25, 0.3) is 0 Å². The topological polar surface area (TPSA) is 38.9 Å². The largest absolute Gasteiger partial charge is 0.389 e. The van der Waals surface area contributed by atoms with Crippen LogP contribution < -0.4 is 5.73 Å². The number of nitrogens with zero attached hydrogens (tertiary/aromatic N) is 1. The van der Waals surface area contributed by atoms with Crippen molar-refractivity contribution in [2.45, 2.75) is 20.3 Å². The average Bonchev–Trinajstić information content (AvgIpc) is 2.31. The SMILES string of the molecule is CCSCCc1nc(C)sc1N. The van der Waals surface area contributed by atoms with E-state index >= 15 is 0 Å². The van der Waals surface area contributed by atoms with Crippen molar-refractivity contribution < 1.29 is 0 Å². The summed E-state index contributed by atoms with van der Waals surface area (Å²) >= 11 is 3.51. The second kappa shape index (κ2) is 4.72. The molecule has 0 atom stereocenters. The molecule has 0 aliphatic rings. The van der Waals surface area contributed by atoms with E-state index in [1.807, 2.05) is 18.7 Å². The molecule has 0 aliphatic carbocycles.